The van der Waals surface area contributed by atoms with Gasteiger partial charge in [-0.2, -0.15) is 0 Å². The van der Waals surface area contributed by atoms with E-state index >= 15 is 0 Å². The van der Waals surface area contributed by atoms with Crippen molar-refractivity contribution >= 4 is 17.4 Å². The first kappa shape index (κ1) is 21.7. The molecule has 164 valence electrons. The van der Waals surface area contributed by atoms with Crippen molar-refractivity contribution in [1.82, 2.24) is 0 Å². The standard InChI is InChI=1S/C24H17F4NO3/c1-12-9-15(24(31)32-8-7-30)14-11-17(29-16(14)10-12)19-22(27)20(25)18(21(26)23(19)28)13-5-3-2-4-6-13/h2-6,9-10,30H,7-8,11H2,1H3. The van der Waals surface area contributed by atoms with Crippen LogP contribution in [-0.2, 0) is 11.2 Å². The maximum Gasteiger partial charge on any atom is 0.338 e. The van der Waals surface area contributed by atoms with Crippen LogP contribution in [0, 0.1) is 30.2 Å². The van der Waals surface area contributed by atoms with Crippen LogP contribution in [-0.4, -0.2) is 30.0 Å². The zero-order valence-electron chi connectivity index (χ0n) is 16.9. The molecular formula is C24H17F4NO3. The van der Waals surface area contributed by atoms with Crippen molar-refractivity contribution in [1.29, 1.82) is 0 Å². The molecule has 1 aliphatic rings. The summed E-state index contributed by atoms with van der Waals surface area (Å²) < 4.78 is 64.6. The number of aliphatic hydroxyl groups is 1. The molecule has 0 aliphatic carbocycles. The number of carbonyl (C=O) groups is 1. The summed E-state index contributed by atoms with van der Waals surface area (Å²) in [5.74, 6) is -6.91. The van der Waals surface area contributed by atoms with Gasteiger partial charge >= 0.3 is 5.97 Å². The Balaban J connectivity index is 1.80. The van der Waals surface area contributed by atoms with Gasteiger partial charge in [-0.25, -0.2) is 22.4 Å². The number of aliphatic imine (C=N–C) groups is 1. The van der Waals surface area contributed by atoms with Crippen molar-refractivity contribution in [3.8, 4) is 11.1 Å². The fraction of sp³-hybridized carbons (Fsp3) is 0.167. The molecule has 0 unspecified atom stereocenters. The molecule has 0 bridgehead atoms. The van der Waals surface area contributed by atoms with Crippen LogP contribution in [0.15, 0.2) is 47.5 Å². The van der Waals surface area contributed by atoms with Gasteiger partial charge < -0.3 is 9.84 Å². The number of esters is 1. The highest BCUT2D eigenvalue weighted by Gasteiger charge is 2.32. The normalized spacial score (nSPS) is 12.5. The number of carbonyl (C=O) groups excluding carboxylic acids is 1. The second kappa shape index (κ2) is 8.55. The summed E-state index contributed by atoms with van der Waals surface area (Å²) in [4.78, 5) is 16.5. The second-order valence-corrected chi connectivity index (χ2v) is 7.28. The van der Waals surface area contributed by atoms with Crippen molar-refractivity contribution in [2.24, 2.45) is 4.99 Å². The van der Waals surface area contributed by atoms with Crippen LogP contribution in [0.4, 0.5) is 23.2 Å². The highest BCUT2D eigenvalue weighted by atomic mass is 19.2. The fourth-order valence-electron chi connectivity index (χ4n) is 3.72. The van der Waals surface area contributed by atoms with E-state index in [0.29, 0.717) is 11.1 Å². The molecule has 1 N–H and O–H groups in total. The van der Waals surface area contributed by atoms with Gasteiger partial charge in [0, 0.05) is 6.42 Å². The Morgan fingerprint density at radius 3 is 2.25 bits per heavy atom. The van der Waals surface area contributed by atoms with Gasteiger partial charge in [0.2, 0.25) is 0 Å². The van der Waals surface area contributed by atoms with Crippen molar-refractivity contribution in [3.05, 3.63) is 88.0 Å². The highest BCUT2D eigenvalue weighted by molar-refractivity contribution is 6.09. The maximum atomic E-state index is 15.0. The van der Waals surface area contributed by atoms with Crippen LogP contribution in [0.2, 0.25) is 0 Å². The van der Waals surface area contributed by atoms with E-state index in [4.69, 9.17) is 9.84 Å². The van der Waals surface area contributed by atoms with Crippen molar-refractivity contribution in [2.45, 2.75) is 13.3 Å². The van der Waals surface area contributed by atoms with E-state index in [1.807, 2.05) is 0 Å². The molecule has 4 rings (SSSR count). The molecule has 4 nitrogen and oxygen atoms in total. The Bertz CT molecular complexity index is 1230. The third-order valence-corrected chi connectivity index (χ3v) is 5.13. The molecule has 0 fully saturated rings. The maximum absolute atomic E-state index is 15.0. The SMILES string of the molecule is Cc1cc2c(c(C(=O)OCCO)c1)CC(c1c(F)c(F)c(-c3ccccc3)c(F)c1F)=N2. The van der Waals surface area contributed by atoms with Gasteiger partial charge in [-0.3, -0.25) is 4.99 Å². The number of ether oxygens (including phenoxy) is 1. The van der Waals surface area contributed by atoms with Gasteiger partial charge in [-0.05, 0) is 35.7 Å². The van der Waals surface area contributed by atoms with E-state index in [0.717, 1.165) is 0 Å². The van der Waals surface area contributed by atoms with Crippen molar-refractivity contribution < 1.29 is 32.2 Å². The van der Waals surface area contributed by atoms with Crippen molar-refractivity contribution in [3.63, 3.8) is 0 Å². The average molecular weight is 443 g/mol. The average Bonchev–Trinajstić information content (AvgIpc) is 3.19. The Morgan fingerprint density at radius 1 is 1.00 bits per heavy atom. The van der Waals surface area contributed by atoms with Gasteiger partial charge in [0.1, 0.15) is 6.61 Å². The van der Waals surface area contributed by atoms with E-state index in [1.165, 1.54) is 30.3 Å². The minimum absolute atomic E-state index is 0.00645. The molecule has 0 aromatic heterocycles. The Labute approximate surface area is 180 Å². The zero-order valence-corrected chi connectivity index (χ0v) is 16.9. The van der Waals surface area contributed by atoms with Gasteiger partial charge in [0.25, 0.3) is 0 Å². The number of hydrogen-bond acceptors (Lipinski definition) is 4. The largest absolute Gasteiger partial charge is 0.460 e. The first-order chi connectivity index (χ1) is 15.3. The molecule has 32 heavy (non-hydrogen) atoms. The number of nitrogens with zero attached hydrogens (tertiary/aromatic N) is 1. The van der Waals surface area contributed by atoms with E-state index in [2.05, 4.69) is 4.99 Å². The first-order valence-electron chi connectivity index (χ1n) is 9.74. The molecule has 0 saturated carbocycles. The molecule has 0 spiro atoms. The van der Waals surface area contributed by atoms with Gasteiger partial charge in [0.15, 0.2) is 23.3 Å². The third-order valence-electron chi connectivity index (χ3n) is 5.13. The predicted octanol–water partition coefficient (Wildman–Crippen LogP) is 5.04. The Morgan fingerprint density at radius 2 is 1.62 bits per heavy atom. The monoisotopic (exact) mass is 443 g/mol. The number of rotatable bonds is 5. The first-order valence-corrected chi connectivity index (χ1v) is 9.74. The summed E-state index contributed by atoms with van der Waals surface area (Å²) in [6.45, 7) is 1.09. The van der Waals surface area contributed by atoms with E-state index < -0.39 is 40.4 Å². The number of benzene rings is 3. The zero-order chi connectivity index (χ0) is 23.0. The lowest BCUT2D eigenvalue weighted by molar-refractivity contribution is 0.0432. The minimum Gasteiger partial charge on any atom is -0.460 e. The van der Waals surface area contributed by atoms with Crippen LogP contribution in [0.3, 0.4) is 0 Å². The summed E-state index contributed by atoms with van der Waals surface area (Å²) in [6.07, 6.45) is -0.226. The van der Waals surface area contributed by atoms with Crippen LogP contribution >= 0.6 is 0 Å². The molecule has 3 aromatic rings. The van der Waals surface area contributed by atoms with Crippen LogP contribution in [0.25, 0.3) is 11.1 Å². The molecule has 1 heterocycles. The summed E-state index contributed by atoms with van der Waals surface area (Å²) in [7, 11) is 0. The lowest BCUT2D eigenvalue weighted by atomic mass is 9.95. The van der Waals surface area contributed by atoms with Gasteiger partial charge in [-0.15, -0.1) is 0 Å². The third kappa shape index (κ3) is 3.67. The van der Waals surface area contributed by atoms with Crippen LogP contribution in [0.5, 0.6) is 0 Å². The summed E-state index contributed by atoms with van der Waals surface area (Å²) in [5, 5.41) is 8.86. The minimum atomic E-state index is -1.56. The number of aryl methyl sites for hydroxylation is 1. The molecule has 0 saturated heterocycles. The molecule has 0 radical (unpaired) electrons. The van der Waals surface area contributed by atoms with Crippen molar-refractivity contribution in [2.75, 3.05) is 13.2 Å². The molecular weight excluding hydrogens is 426 g/mol. The lowest BCUT2D eigenvalue weighted by Gasteiger charge is -2.12. The van der Waals surface area contributed by atoms with E-state index in [-0.39, 0.29) is 42.2 Å². The summed E-state index contributed by atoms with van der Waals surface area (Å²) in [5.41, 5.74) is -0.657. The number of fused-ring (bicyclic) bond motifs is 1. The Hall–Kier alpha value is -3.52. The predicted molar refractivity (Wildman–Crippen MR) is 110 cm³/mol. The lowest BCUT2D eigenvalue weighted by Crippen LogP contribution is -2.15. The topological polar surface area (TPSA) is 58.9 Å². The molecule has 3 aromatic carbocycles. The van der Waals surface area contributed by atoms with Crippen LogP contribution < -0.4 is 0 Å². The summed E-state index contributed by atoms with van der Waals surface area (Å²) >= 11 is 0. The fourth-order valence-corrected chi connectivity index (χ4v) is 3.72. The van der Waals surface area contributed by atoms with Gasteiger partial charge in [-0.1, -0.05) is 30.3 Å². The smallest absolute Gasteiger partial charge is 0.338 e. The van der Waals surface area contributed by atoms with E-state index in [1.54, 1.807) is 19.1 Å². The molecule has 0 amide bonds. The highest BCUT2D eigenvalue weighted by Crippen LogP contribution is 2.37. The number of aliphatic hydroxyl groups excluding tert-OH is 1. The molecule has 1 aliphatic heterocycles. The van der Waals surface area contributed by atoms with E-state index in [9.17, 15) is 22.4 Å². The molecule has 8 heteroatoms. The summed E-state index contributed by atoms with van der Waals surface area (Å²) in [6, 6.07) is 10.4. The quantitative estimate of drug-likeness (QED) is 0.341. The number of hydrogen-bond donors (Lipinski definition) is 1. The second-order valence-electron chi connectivity index (χ2n) is 7.28. The van der Waals surface area contributed by atoms with Crippen LogP contribution in [0.1, 0.15) is 27.0 Å². The number of halogens is 4. The molecule has 0 atom stereocenters. The Kier molecular flexibility index (Phi) is 5.80. The van der Waals surface area contributed by atoms with Gasteiger partial charge in [0.05, 0.1) is 34.7 Å².